The van der Waals surface area contributed by atoms with Crippen LogP contribution in [0.1, 0.15) is 18.2 Å². The molecule has 2 heterocycles. The Hall–Kier alpha value is -2.72. The van der Waals surface area contributed by atoms with Crippen molar-refractivity contribution in [2.45, 2.75) is 12.5 Å². The lowest BCUT2D eigenvalue weighted by atomic mass is 10.0. The van der Waals surface area contributed by atoms with Gasteiger partial charge in [-0.2, -0.15) is 0 Å². The molecule has 4 heteroatoms. The van der Waals surface area contributed by atoms with E-state index in [1.807, 2.05) is 36.4 Å². The summed E-state index contributed by atoms with van der Waals surface area (Å²) in [6.45, 7) is 0.920. The zero-order valence-electron chi connectivity index (χ0n) is 14.6. The van der Waals surface area contributed by atoms with Crippen LogP contribution in [-0.2, 0) is 0 Å². The fraction of sp³-hybridized carbons (Fsp3) is 0.238. The summed E-state index contributed by atoms with van der Waals surface area (Å²) in [7, 11) is 4.21. The van der Waals surface area contributed by atoms with Crippen molar-refractivity contribution in [2.24, 2.45) is 0 Å². The average Bonchev–Trinajstić information content (AvgIpc) is 2.67. The van der Waals surface area contributed by atoms with Crippen molar-refractivity contribution < 1.29 is 0 Å². The summed E-state index contributed by atoms with van der Waals surface area (Å²) >= 11 is 0. The van der Waals surface area contributed by atoms with Gasteiger partial charge in [0.1, 0.15) is 11.5 Å². The third kappa shape index (κ3) is 3.01. The molecule has 4 nitrogen and oxygen atoms in total. The van der Waals surface area contributed by atoms with Crippen LogP contribution in [0.25, 0.3) is 22.5 Å². The predicted octanol–water partition coefficient (Wildman–Crippen LogP) is 4.23. The molecule has 3 aromatic rings. The fourth-order valence-electron chi connectivity index (χ4n) is 3.37. The quantitative estimate of drug-likeness (QED) is 0.780. The van der Waals surface area contributed by atoms with Gasteiger partial charge >= 0.3 is 0 Å². The van der Waals surface area contributed by atoms with Crippen molar-refractivity contribution in [3.8, 4) is 22.5 Å². The van der Waals surface area contributed by atoms with Gasteiger partial charge in [-0.3, -0.25) is 0 Å². The van der Waals surface area contributed by atoms with Crippen molar-refractivity contribution in [2.75, 3.05) is 26.0 Å². The van der Waals surface area contributed by atoms with E-state index in [4.69, 9.17) is 9.97 Å². The zero-order chi connectivity index (χ0) is 17.2. The highest BCUT2D eigenvalue weighted by Gasteiger charge is 2.27. The summed E-state index contributed by atoms with van der Waals surface area (Å²) in [5, 5.41) is 3.44. The molecule has 0 amide bonds. The number of hydrogen-bond acceptors (Lipinski definition) is 4. The third-order valence-electron chi connectivity index (χ3n) is 4.67. The van der Waals surface area contributed by atoms with Gasteiger partial charge in [0.2, 0.25) is 0 Å². The van der Waals surface area contributed by atoms with Gasteiger partial charge < -0.3 is 10.2 Å². The first-order chi connectivity index (χ1) is 12.2. The van der Waals surface area contributed by atoms with Gasteiger partial charge in [-0.05, 0) is 20.5 Å². The number of fused-ring (bicyclic) bond motifs is 1. The van der Waals surface area contributed by atoms with E-state index < -0.39 is 0 Å². The largest absolute Gasteiger partial charge is 0.368 e. The van der Waals surface area contributed by atoms with Gasteiger partial charge in [-0.25, -0.2) is 9.97 Å². The second-order valence-corrected chi connectivity index (χ2v) is 6.58. The smallest absolute Gasteiger partial charge is 0.150 e. The van der Waals surface area contributed by atoms with Gasteiger partial charge in [-0.15, -0.1) is 0 Å². The SMILES string of the molecule is CN(C)C1CCNc2nc(-c3ccccc3)c(-c3ccccc3)nc21. The van der Waals surface area contributed by atoms with E-state index in [2.05, 4.69) is 48.6 Å². The Morgan fingerprint density at radius 1 is 0.840 bits per heavy atom. The van der Waals surface area contributed by atoms with Crippen LogP contribution in [0.2, 0.25) is 0 Å². The first-order valence-electron chi connectivity index (χ1n) is 8.67. The summed E-state index contributed by atoms with van der Waals surface area (Å²) < 4.78 is 0. The second kappa shape index (κ2) is 6.65. The molecule has 2 aromatic carbocycles. The molecular formula is C21H22N4. The minimum Gasteiger partial charge on any atom is -0.368 e. The summed E-state index contributed by atoms with van der Waals surface area (Å²) in [6.07, 6.45) is 1.04. The van der Waals surface area contributed by atoms with Crippen LogP contribution in [0.15, 0.2) is 60.7 Å². The molecule has 0 aliphatic carbocycles. The van der Waals surface area contributed by atoms with Crippen LogP contribution in [0.4, 0.5) is 5.82 Å². The van der Waals surface area contributed by atoms with Crippen molar-refractivity contribution >= 4 is 5.82 Å². The third-order valence-corrected chi connectivity index (χ3v) is 4.67. The summed E-state index contributed by atoms with van der Waals surface area (Å²) in [4.78, 5) is 12.3. The average molecular weight is 330 g/mol. The maximum atomic E-state index is 5.10. The van der Waals surface area contributed by atoms with Crippen molar-refractivity contribution in [3.63, 3.8) is 0 Å². The number of benzene rings is 2. The van der Waals surface area contributed by atoms with Gasteiger partial charge in [-0.1, -0.05) is 60.7 Å². The van der Waals surface area contributed by atoms with Crippen LogP contribution in [0.5, 0.6) is 0 Å². The maximum absolute atomic E-state index is 5.10. The minimum atomic E-state index is 0.288. The van der Waals surface area contributed by atoms with Crippen molar-refractivity contribution in [1.82, 2.24) is 14.9 Å². The number of aromatic nitrogens is 2. The number of rotatable bonds is 3. The maximum Gasteiger partial charge on any atom is 0.150 e. The van der Waals surface area contributed by atoms with Crippen LogP contribution >= 0.6 is 0 Å². The summed E-state index contributed by atoms with van der Waals surface area (Å²) in [5.41, 5.74) is 5.10. The van der Waals surface area contributed by atoms with E-state index in [0.717, 1.165) is 47.0 Å². The van der Waals surface area contributed by atoms with E-state index in [9.17, 15) is 0 Å². The molecule has 1 aromatic heterocycles. The van der Waals surface area contributed by atoms with Gasteiger partial charge in [0.25, 0.3) is 0 Å². The monoisotopic (exact) mass is 330 g/mol. The first kappa shape index (κ1) is 15.8. The predicted molar refractivity (Wildman–Crippen MR) is 102 cm³/mol. The molecule has 1 aliphatic heterocycles. The van der Waals surface area contributed by atoms with E-state index >= 15 is 0 Å². The Kier molecular flexibility index (Phi) is 4.20. The van der Waals surface area contributed by atoms with Crippen LogP contribution in [-0.4, -0.2) is 35.5 Å². The van der Waals surface area contributed by atoms with Crippen molar-refractivity contribution in [1.29, 1.82) is 0 Å². The highest BCUT2D eigenvalue weighted by Crippen LogP contribution is 2.36. The van der Waals surface area contributed by atoms with E-state index in [1.54, 1.807) is 0 Å². The van der Waals surface area contributed by atoms with Crippen LogP contribution < -0.4 is 5.32 Å². The molecule has 126 valence electrons. The minimum absolute atomic E-state index is 0.288. The molecule has 0 spiro atoms. The highest BCUT2D eigenvalue weighted by molar-refractivity contribution is 5.79. The molecule has 0 saturated heterocycles. The molecule has 1 N–H and O–H groups in total. The molecule has 1 unspecified atom stereocenters. The molecular weight excluding hydrogens is 308 g/mol. The molecule has 1 aliphatic rings. The Morgan fingerprint density at radius 2 is 1.40 bits per heavy atom. The Balaban J connectivity index is 1.95. The van der Waals surface area contributed by atoms with Gasteiger partial charge in [0, 0.05) is 17.7 Å². The standard InChI is InChI=1S/C21H22N4/c1-25(2)17-13-14-22-21-20(17)23-18(15-9-5-3-6-10-15)19(24-21)16-11-7-4-8-12-16/h3-12,17H,13-14H2,1-2H3,(H,22,24). The van der Waals surface area contributed by atoms with Crippen LogP contribution in [0.3, 0.4) is 0 Å². The summed E-state index contributed by atoms with van der Waals surface area (Å²) in [6, 6.07) is 20.9. The number of hydrogen-bond donors (Lipinski definition) is 1. The first-order valence-corrected chi connectivity index (χ1v) is 8.67. The molecule has 0 radical (unpaired) electrons. The number of anilines is 1. The second-order valence-electron chi connectivity index (χ2n) is 6.58. The van der Waals surface area contributed by atoms with Crippen LogP contribution in [0, 0.1) is 0 Å². The summed E-state index contributed by atoms with van der Waals surface area (Å²) in [5.74, 6) is 0.906. The normalized spacial score (nSPS) is 16.4. The lowest BCUT2D eigenvalue weighted by Crippen LogP contribution is -2.29. The fourth-order valence-corrected chi connectivity index (χ4v) is 3.37. The highest BCUT2D eigenvalue weighted by atomic mass is 15.2. The number of nitrogens with one attached hydrogen (secondary N) is 1. The molecule has 0 bridgehead atoms. The van der Waals surface area contributed by atoms with Gasteiger partial charge in [0.05, 0.1) is 17.4 Å². The lowest BCUT2D eigenvalue weighted by Gasteiger charge is -2.30. The molecule has 0 fully saturated rings. The van der Waals surface area contributed by atoms with E-state index in [0.29, 0.717) is 0 Å². The van der Waals surface area contributed by atoms with Crippen molar-refractivity contribution in [3.05, 3.63) is 66.4 Å². The Bertz CT molecular complexity index is 860. The molecule has 1 atom stereocenters. The lowest BCUT2D eigenvalue weighted by molar-refractivity contribution is 0.278. The topological polar surface area (TPSA) is 41.0 Å². The zero-order valence-corrected chi connectivity index (χ0v) is 14.6. The van der Waals surface area contributed by atoms with E-state index in [-0.39, 0.29) is 6.04 Å². The molecule has 0 saturated carbocycles. The Morgan fingerprint density at radius 3 is 1.96 bits per heavy atom. The molecule has 4 rings (SSSR count). The molecule has 25 heavy (non-hydrogen) atoms. The Labute approximate surface area is 148 Å². The van der Waals surface area contributed by atoms with E-state index in [1.165, 1.54) is 0 Å². The van der Waals surface area contributed by atoms with Gasteiger partial charge in [0.15, 0.2) is 0 Å². The number of nitrogens with zero attached hydrogens (tertiary/aromatic N) is 3.